The summed E-state index contributed by atoms with van der Waals surface area (Å²) < 4.78 is 5.75. The first-order valence-electron chi connectivity index (χ1n) is 6.56. The molecule has 2 aromatic heterocycles. The number of aromatic nitrogens is 2. The number of carbonyl (C=O) groups is 2. The smallest absolute Gasteiger partial charge is 0.327 e. The molecule has 0 spiro atoms. The number of aryl methyl sites for hydroxylation is 1. The van der Waals surface area contributed by atoms with Crippen LogP contribution in [0.5, 0.6) is 0 Å². The van der Waals surface area contributed by atoms with Crippen LogP contribution in [0.3, 0.4) is 0 Å². The number of carbonyl (C=O) groups excluding carboxylic acids is 1. The number of nitrogens with zero attached hydrogens (tertiary/aromatic N) is 2. The fourth-order valence-electron chi connectivity index (χ4n) is 1.93. The quantitative estimate of drug-likeness (QED) is 0.797. The highest BCUT2D eigenvalue weighted by Gasteiger charge is 2.21. The molecule has 2 aromatic rings. The molecule has 0 radical (unpaired) electrons. The van der Waals surface area contributed by atoms with Crippen LogP contribution in [0.25, 0.3) is 0 Å². The molecule has 1 amide bonds. The molecule has 0 aromatic carbocycles. The van der Waals surface area contributed by atoms with Crippen molar-refractivity contribution in [2.45, 2.75) is 19.4 Å². The lowest BCUT2D eigenvalue weighted by Crippen LogP contribution is -2.31. The van der Waals surface area contributed by atoms with Crippen LogP contribution in [0.2, 0.25) is 0 Å². The fraction of sp³-hybridized carbons (Fsp3) is 0.200. The van der Waals surface area contributed by atoms with Crippen LogP contribution in [0.4, 0.5) is 5.69 Å². The molecule has 0 fully saturated rings. The summed E-state index contributed by atoms with van der Waals surface area (Å²) in [7, 11) is 0. The number of anilines is 1. The van der Waals surface area contributed by atoms with Gasteiger partial charge in [0.2, 0.25) is 0 Å². The molecule has 0 bridgehead atoms. The van der Waals surface area contributed by atoms with Crippen molar-refractivity contribution in [2.24, 2.45) is 0 Å². The molecular formula is C15H13N3O5. The maximum absolute atomic E-state index is 12.3. The number of aliphatic carboxylic acids is 1. The van der Waals surface area contributed by atoms with Gasteiger partial charge in [0.1, 0.15) is 17.5 Å². The predicted molar refractivity (Wildman–Crippen MR) is 80.0 cm³/mol. The minimum Gasteiger partial charge on any atom is -0.480 e. The highest BCUT2D eigenvalue weighted by molar-refractivity contribution is 6.02. The maximum Gasteiger partial charge on any atom is 0.327 e. The van der Waals surface area contributed by atoms with Crippen molar-refractivity contribution in [3.8, 4) is 12.3 Å². The van der Waals surface area contributed by atoms with Crippen molar-refractivity contribution < 1.29 is 19.2 Å². The van der Waals surface area contributed by atoms with E-state index < -0.39 is 23.5 Å². The van der Waals surface area contributed by atoms with Crippen molar-refractivity contribution in [1.29, 1.82) is 0 Å². The van der Waals surface area contributed by atoms with Crippen LogP contribution < -0.4 is 10.9 Å². The second-order valence-electron chi connectivity index (χ2n) is 4.67. The number of nitrogens with one attached hydrogen (secondary N) is 1. The van der Waals surface area contributed by atoms with E-state index in [9.17, 15) is 19.5 Å². The maximum atomic E-state index is 12.3. The summed E-state index contributed by atoms with van der Waals surface area (Å²) in [5, 5.41) is 15.1. The Labute approximate surface area is 130 Å². The zero-order valence-corrected chi connectivity index (χ0v) is 12.1. The summed E-state index contributed by atoms with van der Waals surface area (Å²) in [5.41, 5.74) is -0.749. The number of rotatable bonds is 5. The van der Waals surface area contributed by atoms with Gasteiger partial charge in [0.05, 0.1) is 0 Å². The molecule has 0 unspecified atom stereocenters. The largest absolute Gasteiger partial charge is 0.480 e. The third kappa shape index (κ3) is 3.47. The van der Waals surface area contributed by atoms with E-state index in [0.29, 0.717) is 5.76 Å². The number of hydrogen-bond donors (Lipinski definition) is 2. The van der Waals surface area contributed by atoms with Gasteiger partial charge in [-0.25, -0.2) is 4.79 Å². The Morgan fingerprint density at radius 1 is 1.57 bits per heavy atom. The second-order valence-corrected chi connectivity index (χ2v) is 4.67. The van der Waals surface area contributed by atoms with Crippen LogP contribution in [-0.2, 0) is 4.79 Å². The van der Waals surface area contributed by atoms with E-state index in [1.54, 1.807) is 6.92 Å². The van der Waals surface area contributed by atoms with E-state index in [2.05, 4.69) is 16.4 Å². The molecule has 2 heterocycles. The van der Waals surface area contributed by atoms with Gasteiger partial charge in [0.15, 0.2) is 5.69 Å². The third-order valence-corrected chi connectivity index (χ3v) is 3.02. The van der Waals surface area contributed by atoms with Gasteiger partial charge in [-0.05, 0) is 19.1 Å². The first kappa shape index (κ1) is 16.0. The van der Waals surface area contributed by atoms with Gasteiger partial charge in [0, 0.05) is 18.7 Å². The zero-order chi connectivity index (χ0) is 17.0. The lowest BCUT2D eigenvalue weighted by Gasteiger charge is -2.14. The molecule has 0 saturated heterocycles. The molecule has 23 heavy (non-hydrogen) atoms. The van der Waals surface area contributed by atoms with E-state index >= 15 is 0 Å². The van der Waals surface area contributed by atoms with Gasteiger partial charge in [-0.1, -0.05) is 5.16 Å². The number of hydrogen-bond acceptors (Lipinski definition) is 5. The summed E-state index contributed by atoms with van der Waals surface area (Å²) in [5.74, 6) is 0.784. The Hall–Kier alpha value is -3.34. The zero-order valence-electron chi connectivity index (χ0n) is 12.1. The van der Waals surface area contributed by atoms with E-state index in [-0.39, 0.29) is 17.8 Å². The van der Waals surface area contributed by atoms with Crippen LogP contribution in [-0.4, -0.2) is 26.7 Å². The Kier molecular flexibility index (Phi) is 4.61. The Balaban J connectivity index is 2.33. The number of terminal acetylenes is 1. The highest BCUT2D eigenvalue weighted by atomic mass is 16.5. The molecular weight excluding hydrogens is 302 g/mol. The van der Waals surface area contributed by atoms with E-state index in [4.69, 9.17) is 10.9 Å². The van der Waals surface area contributed by atoms with Gasteiger partial charge in [-0.3, -0.25) is 14.2 Å². The van der Waals surface area contributed by atoms with E-state index in [1.165, 1.54) is 24.4 Å². The Morgan fingerprint density at radius 2 is 2.30 bits per heavy atom. The van der Waals surface area contributed by atoms with Crippen LogP contribution in [0, 0.1) is 19.3 Å². The molecule has 118 valence electrons. The molecule has 0 aliphatic carbocycles. The van der Waals surface area contributed by atoms with Crippen molar-refractivity contribution in [2.75, 3.05) is 5.32 Å². The number of pyridine rings is 1. The van der Waals surface area contributed by atoms with Crippen molar-refractivity contribution in [3.05, 3.63) is 46.2 Å². The van der Waals surface area contributed by atoms with Crippen LogP contribution >= 0.6 is 0 Å². The monoisotopic (exact) mass is 315 g/mol. The van der Waals surface area contributed by atoms with Gasteiger partial charge in [0.25, 0.3) is 11.5 Å². The van der Waals surface area contributed by atoms with E-state index in [1.807, 2.05) is 0 Å². The summed E-state index contributed by atoms with van der Waals surface area (Å²) in [6, 6.07) is 3.00. The average molecular weight is 315 g/mol. The second kappa shape index (κ2) is 6.62. The third-order valence-electron chi connectivity index (χ3n) is 3.02. The molecule has 0 saturated carbocycles. The number of amides is 1. The normalized spacial score (nSPS) is 11.5. The Bertz CT molecular complexity index is 843. The van der Waals surface area contributed by atoms with Crippen molar-refractivity contribution in [1.82, 2.24) is 9.72 Å². The topological polar surface area (TPSA) is 114 Å². The molecule has 0 aliphatic rings. The van der Waals surface area contributed by atoms with Gasteiger partial charge in [-0.15, -0.1) is 12.3 Å². The fourth-order valence-corrected chi connectivity index (χ4v) is 1.93. The lowest BCUT2D eigenvalue weighted by atomic mass is 10.2. The summed E-state index contributed by atoms with van der Waals surface area (Å²) in [6.07, 6.45) is 6.28. The van der Waals surface area contributed by atoms with Crippen molar-refractivity contribution >= 4 is 17.6 Å². The summed E-state index contributed by atoms with van der Waals surface area (Å²) in [6.45, 7) is 1.62. The van der Waals surface area contributed by atoms with E-state index in [0.717, 1.165) is 4.57 Å². The predicted octanol–water partition coefficient (Wildman–Crippen LogP) is 1.05. The standard InChI is InChI=1S/C15H13N3O5/c1-3-5-12(15(21)22)18-7-4-6-10(14(18)20)16-13(19)11-8-9(2)23-17-11/h1,4,6-8,12H,5H2,2H3,(H,16,19)(H,21,22)/t12-/m0/s1. The lowest BCUT2D eigenvalue weighted by molar-refractivity contribution is -0.140. The minimum atomic E-state index is -1.24. The van der Waals surface area contributed by atoms with Gasteiger partial charge >= 0.3 is 5.97 Å². The Morgan fingerprint density at radius 3 is 2.87 bits per heavy atom. The SMILES string of the molecule is C#CC[C@@H](C(=O)O)n1cccc(NC(=O)c2cc(C)on2)c1=O. The molecule has 2 rings (SSSR count). The summed E-state index contributed by atoms with van der Waals surface area (Å²) >= 11 is 0. The van der Waals surface area contributed by atoms with Crippen LogP contribution in [0.1, 0.15) is 28.7 Å². The molecule has 8 heteroatoms. The molecule has 0 aliphatic heterocycles. The van der Waals surface area contributed by atoms with Gasteiger partial charge in [-0.2, -0.15) is 0 Å². The first-order chi connectivity index (χ1) is 10.9. The summed E-state index contributed by atoms with van der Waals surface area (Å²) in [4.78, 5) is 35.6. The molecule has 8 nitrogen and oxygen atoms in total. The average Bonchev–Trinajstić information content (AvgIpc) is 2.94. The molecule has 1 atom stereocenters. The molecule has 2 N–H and O–H groups in total. The first-order valence-corrected chi connectivity index (χ1v) is 6.56. The van der Waals surface area contributed by atoms with Gasteiger partial charge < -0.3 is 14.9 Å². The highest BCUT2D eigenvalue weighted by Crippen LogP contribution is 2.11. The minimum absolute atomic E-state index is 0.00992. The number of carboxylic acids is 1. The van der Waals surface area contributed by atoms with Crippen LogP contribution in [0.15, 0.2) is 33.7 Å². The van der Waals surface area contributed by atoms with Crippen molar-refractivity contribution in [3.63, 3.8) is 0 Å². The number of carboxylic acid groups (broad SMARTS) is 1.